The van der Waals surface area contributed by atoms with Gasteiger partial charge in [0.1, 0.15) is 11.4 Å². The van der Waals surface area contributed by atoms with Crippen molar-refractivity contribution in [2.75, 3.05) is 6.79 Å². The molecule has 0 atom stereocenters. The first-order valence-corrected chi connectivity index (χ1v) is 7.35. The fourth-order valence-corrected chi connectivity index (χ4v) is 2.74. The number of hydrogen-bond donors (Lipinski definition) is 1. The van der Waals surface area contributed by atoms with E-state index in [-0.39, 0.29) is 6.79 Å². The molecule has 6 nitrogen and oxygen atoms in total. The van der Waals surface area contributed by atoms with E-state index in [1.54, 1.807) is 18.4 Å². The first-order valence-electron chi connectivity index (χ1n) is 7.35. The Bertz CT molecular complexity index is 746. The first kappa shape index (κ1) is 14.7. The summed E-state index contributed by atoms with van der Waals surface area (Å²) in [7, 11) is 0. The molecule has 1 N–H and O–H groups in total. The van der Waals surface area contributed by atoms with E-state index in [1.807, 2.05) is 12.1 Å². The lowest BCUT2D eigenvalue weighted by molar-refractivity contribution is -0.145. The predicted molar refractivity (Wildman–Crippen MR) is 81.4 cm³/mol. The third kappa shape index (κ3) is 2.19. The van der Waals surface area contributed by atoms with Gasteiger partial charge in [0.2, 0.25) is 6.79 Å². The number of aromatic nitrogens is 2. The van der Waals surface area contributed by atoms with Gasteiger partial charge in [0.05, 0.1) is 11.0 Å². The molecule has 0 unspecified atom stereocenters. The normalized spacial score (nSPS) is 14.0. The van der Waals surface area contributed by atoms with Crippen LogP contribution in [0.4, 0.5) is 0 Å². The molecule has 2 heterocycles. The molecule has 6 heteroatoms. The minimum Gasteiger partial charge on any atom is -0.480 e. The van der Waals surface area contributed by atoms with Gasteiger partial charge in [-0.2, -0.15) is 0 Å². The van der Waals surface area contributed by atoms with Gasteiger partial charge in [-0.3, -0.25) is 0 Å². The number of benzene rings is 1. The molecule has 0 saturated heterocycles. The van der Waals surface area contributed by atoms with E-state index >= 15 is 0 Å². The summed E-state index contributed by atoms with van der Waals surface area (Å²) in [5.41, 5.74) is 0.397. The fourth-order valence-electron chi connectivity index (χ4n) is 2.74. The zero-order chi connectivity index (χ0) is 16.1. The number of imidazole rings is 1. The maximum atomic E-state index is 11.7. The van der Waals surface area contributed by atoms with E-state index in [9.17, 15) is 9.90 Å². The molecule has 0 spiro atoms. The number of carboxylic acid groups (broad SMARTS) is 1. The van der Waals surface area contributed by atoms with Gasteiger partial charge >= 0.3 is 5.97 Å². The number of rotatable bonds is 4. The summed E-state index contributed by atoms with van der Waals surface area (Å²) in [5.74, 6) is 1.53. The maximum Gasteiger partial charge on any atom is 0.329 e. The molecular weight excluding hydrogens is 284 g/mol. The molecule has 0 fully saturated rings. The number of ether oxygens (including phenoxy) is 2. The molecule has 0 bridgehead atoms. The van der Waals surface area contributed by atoms with Gasteiger partial charge in [-0.15, -0.1) is 0 Å². The Morgan fingerprint density at radius 3 is 2.59 bits per heavy atom. The zero-order valence-electron chi connectivity index (χ0n) is 13.2. The van der Waals surface area contributed by atoms with Gasteiger partial charge in [-0.25, -0.2) is 9.78 Å². The van der Waals surface area contributed by atoms with Crippen LogP contribution in [0.5, 0.6) is 11.5 Å². The number of hydrogen-bond acceptors (Lipinski definition) is 4. The average molecular weight is 304 g/mol. The lowest BCUT2D eigenvalue weighted by atomic mass is 10.0. The highest BCUT2D eigenvalue weighted by Gasteiger charge is 2.34. The largest absolute Gasteiger partial charge is 0.480 e. The van der Waals surface area contributed by atoms with E-state index in [0.29, 0.717) is 23.8 Å². The molecule has 1 aromatic carbocycles. The lowest BCUT2D eigenvalue weighted by Crippen LogP contribution is -2.37. The van der Waals surface area contributed by atoms with Crippen molar-refractivity contribution in [3.8, 4) is 11.5 Å². The Morgan fingerprint density at radius 2 is 2.00 bits per heavy atom. The topological polar surface area (TPSA) is 73.6 Å². The Balaban J connectivity index is 2.27. The molecular formula is C16H20N2O4. The smallest absolute Gasteiger partial charge is 0.329 e. The molecule has 22 heavy (non-hydrogen) atoms. The quantitative estimate of drug-likeness (QED) is 0.940. The molecule has 0 radical (unpaired) electrons. The monoisotopic (exact) mass is 304 g/mol. The van der Waals surface area contributed by atoms with Gasteiger partial charge in [0.25, 0.3) is 0 Å². The van der Waals surface area contributed by atoms with Gasteiger partial charge in [0, 0.05) is 18.6 Å². The number of carbonyl (C=O) groups is 1. The highest BCUT2D eigenvalue weighted by molar-refractivity contribution is 5.85. The van der Waals surface area contributed by atoms with Gasteiger partial charge < -0.3 is 19.1 Å². The molecule has 1 aliphatic heterocycles. The fraction of sp³-hybridized carbons (Fsp3) is 0.500. The summed E-state index contributed by atoms with van der Waals surface area (Å²) in [6, 6.07) is 3.63. The second-order valence-electron chi connectivity index (χ2n) is 6.52. The van der Waals surface area contributed by atoms with E-state index in [2.05, 4.69) is 18.8 Å². The van der Waals surface area contributed by atoms with Gasteiger partial charge in [-0.1, -0.05) is 13.8 Å². The first-order chi connectivity index (χ1) is 10.3. The SMILES string of the molecule is CC(C)Cc1nc2cc3c(cc2n1C(C)(C)C(=O)O)OCO3. The molecule has 2 aromatic rings. The van der Waals surface area contributed by atoms with Gasteiger partial charge in [0.15, 0.2) is 11.5 Å². The Morgan fingerprint density at radius 1 is 1.36 bits per heavy atom. The van der Waals surface area contributed by atoms with Crippen molar-refractivity contribution in [2.24, 2.45) is 5.92 Å². The summed E-state index contributed by atoms with van der Waals surface area (Å²) in [4.78, 5) is 16.4. The van der Waals surface area contributed by atoms with Crippen LogP contribution in [-0.4, -0.2) is 27.4 Å². The van der Waals surface area contributed by atoms with Crippen LogP contribution in [0, 0.1) is 5.92 Å². The minimum absolute atomic E-state index is 0.184. The summed E-state index contributed by atoms with van der Waals surface area (Å²) in [5, 5.41) is 9.62. The van der Waals surface area contributed by atoms with Crippen molar-refractivity contribution in [1.82, 2.24) is 9.55 Å². The van der Waals surface area contributed by atoms with Crippen molar-refractivity contribution in [3.63, 3.8) is 0 Å². The van der Waals surface area contributed by atoms with Crippen LogP contribution < -0.4 is 9.47 Å². The Kier molecular flexibility index (Phi) is 3.27. The summed E-state index contributed by atoms with van der Waals surface area (Å²) in [6.45, 7) is 7.73. The highest BCUT2D eigenvalue weighted by atomic mass is 16.7. The van der Waals surface area contributed by atoms with Crippen LogP contribution in [0.2, 0.25) is 0 Å². The Hall–Kier alpha value is -2.24. The zero-order valence-corrected chi connectivity index (χ0v) is 13.2. The number of nitrogens with zero attached hydrogens (tertiary/aromatic N) is 2. The van der Waals surface area contributed by atoms with E-state index < -0.39 is 11.5 Å². The molecule has 0 aliphatic carbocycles. The van der Waals surface area contributed by atoms with Crippen molar-refractivity contribution >= 4 is 17.0 Å². The van der Waals surface area contributed by atoms with Crippen LogP contribution in [0.25, 0.3) is 11.0 Å². The molecule has 1 aliphatic rings. The average Bonchev–Trinajstić information content (AvgIpc) is 2.97. The maximum absolute atomic E-state index is 11.7. The predicted octanol–water partition coefficient (Wildman–Crippen LogP) is 2.78. The summed E-state index contributed by atoms with van der Waals surface area (Å²) >= 11 is 0. The van der Waals surface area contributed by atoms with Crippen LogP contribution in [0.15, 0.2) is 12.1 Å². The minimum atomic E-state index is -1.09. The van der Waals surface area contributed by atoms with Crippen molar-refractivity contribution in [1.29, 1.82) is 0 Å². The second-order valence-corrected chi connectivity index (χ2v) is 6.52. The third-order valence-electron chi connectivity index (χ3n) is 3.89. The molecule has 3 rings (SSSR count). The third-order valence-corrected chi connectivity index (χ3v) is 3.89. The van der Waals surface area contributed by atoms with Crippen molar-refractivity contribution in [3.05, 3.63) is 18.0 Å². The summed E-state index contributed by atoms with van der Waals surface area (Å²) < 4.78 is 12.6. The van der Waals surface area contributed by atoms with Crippen molar-refractivity contribution < 1.29 is 19.4 Å². The highest BCUT2D eigenvalue weighted by Crippen LogP contribution is 2.38. The van der Waals surface area contributed by atoms with Crippen LogP contribution in [0.3, 0.4) is 0 Å². The van der Waals surface area contributed by atoms with Crippen LogP contribution >= 0.6 is 0 Å². The molecule has 0 amide bonds. The van der Waals surface area contributed by atoms with Crippen LogP contribution in [-0.2, 0) is 16.8 Å². The summed E-state index contributed by atoms with van der Waals surface area (Å²) in [6.07, 6.45) is 0.706. The van der Waals surface area contributed by atoms with E-state index in [4.69, 9.17) is 9.47 Å². The van der Waals surface area contributed by atoms with E-state index in [1.165, 1.54) is 0 Å². The van der Waals surface area contributed by atoms with Crippen molar-refractivity contribution in [2.45, 2.75) is 39.7 Å². The van der Waals surface area contributed by atoms with E-state index in [0.717, 1.165) is 16.9 Å². The molecule has 118 valence electrons. The lowest BCUT2D eigenvalue weighted by Gasteiger charge is -2.25. The Labute approximate surface area is 128 Å². The standard InChI is InChI=1S/C16H20N2O4/c1-9(2)5-14-17-10-6-12-13(22-8-21-12)7-11(10)18(14)16(3,4)15(19)20/h6-7,9H,5,8H2,1-4H3,(H,19,20). The molecule has 1 aromatic heterocycles. The second kappa shape index (κ2) is 4.90. The van der Waals surface area contributed by atoms with Gasteiger partial charge in [-0.05, 0) is 19.8 Å². The number of fused-ring (bicyclic) bond motifs is 2. The van der Waals surface area contributed by atoms with Crippen LogP contribution in [0.1, 0.15) is 33.5 Å². The number of aliphatic carboxylic acids is 1. The number of carboxylic acids is 1. The molecule has 0 saturated carbocycles.